The molecule has 56 heavy (non-hydrogen) atoms. The van der Waals surface area contributed by atoms with Crippen LogP contribution in [0.3, 0.4) is 0 Å². The van der Waals surface area contributed by atoms with Crippen LogP contribution in [0.25, 0.3) is 0 Å². The van der Waals surface area contributed by atoms with Crippen LogP contribution >= 0.6 is 7.82 Å². The van der Waals surface area contributed by atoms with Gasteiger partial charge in [-0.25, -0.2) is 18.9 Å². The van der Waals surface area contributed by atoms with Crippen LogP contribution in [0.4, 0.5) is 0 Å². The van der Waals surface area contributed by atoms with Crippen LogP contribution in [-0.4, -0.2) is 164 Å². The second-order valence-corrected chi connectivity index (χ2v) is 12.8. The van der Waals surface area contributed by atoms with Crippen molar-refractivity contribution in [1.29, 1.82) is 0 Å². The highest BCUT2D eigenvalue weighted by Gasteiger charge is 2.45. The topological polar surface area (TPSA) is 452 Å². The van der Waals surface area contributed by atoms with E-state index in [1.165, 1.54) is 0 Å². The van der Waals surface area contributed by atoms with Crippen molar-refractivity contribution in [2.75, 3.05) is 19.8 Å². The van der Waals surface area contributed by atoms with Crippen molar-refractivity contribution in [3.63, 3.8) is 0 Å². The summed E-state index contributed by atoms with van der Waals surface area (Å²) in [4.78, 5) is 94.5. The first-order chi connectivity index (χ1) is 26.1. The first kappa shape index (κ1) is 46.1. The maximum absolute atomic E-state index is 11.4. The molecule has 3 aromatic heterocycles. The van der Waals surface area contributed by atoms with Crippen LogP contribution in [0.5, 0.6) is 0 Å². The Balaban J connectivity index is 0.000000212. The van der Waals surface area contributed by atoms with Crippen LogP contribution in [0, 0.1) is 0 Å². The van der Waals surface area contributed by atoms with Gasteiger partial charge in [0.2, 0.25) is 0 Å². The third-order valence-electron chi connectivity index (χ3n) is 7.93. The van der Waals surface area contributed by atoms with Gasteiger partial charge in [-0.1, -0.05) is 0 Å². The Morgan fingerprint density at radius 3 is 0.857 bits per heavy atom. The van der Waals surface area contributed by atoms with Gasteiger partial charge in [-0.15, -0.1) is 0 Å². The molecule has 0 spiro atoms. The van der Waals surface area contributed by atoms with Gasteiger partial charge in [0.1, 0.15) is 54.9 Å². The zero-order chi connectivity index (χ0) is 42.2. The molecule has 28 nitrogen and oxygen atoms in total. The van der Waals surface area contributed by atoms with Crippen molar-refractivity contribution < 1.29 is 79.4 Å². The van der Waals surface area contributed by atoms with Gasteiger partial charge >= 0.3 is 24.9 Å². The molecule has 29 heteroatoms. The highest BCUT2D eigenvalue weighted by atomic mass is 31.2. The Bertz CT molecular complexity index is 1910. The molecule has 0 aliphatic carbocycles. The van der Waals surface area contributed by atoms with E-state index in [1.54, 1.807) is 0 Å². The summed E-state index contributed by atoms with van der Waals surface area (Å²) in [5.74, 6) is 0. The molecule has 0 radical (unpaired) electrons. The minimum atomic E-state index is -4.64. The molecular weight excluding hydrogens is 791 g/mol. The first-order valence-electron chi connectivity index (χ1n) is 15.7. The maximum atomic E-state index is 11.4. The normalized spacial score (nSPS) is 31.0. The summed E-state index contributed by atoms with van der Waals surface area (Å²) in [6, 6.07) is 3.28. The molecule has 3 saturated heterocycles. The highest BCUT2D eigenvalue weighted by molar-refractivity contribution is 7.45. The lowest BCUT2D eigenvalue weighted by Crippen LogP contribution is -2.37. The van der Waals surface area contributed by atoms with Crippen LogP contribution in [0.2, 0.25) is 0 Å². The number of ether oxygens (including phenoxy) is 3. The molecule has 314 valence electrons. The predicted octanol–water partition coefficient (Wildman–Crippen LogP) is -9.48. The summed E-state index contributed by atoms with van der Waals surface area (Å²) in [6.07, 6.45) is -10.7. The van der Waals surface area contributed by atoms with Crippen LogP contribution in [-0.2, 0) is 18.8 Å². The summed E-state index contributed by atoms with van der Waals surface area (Å²) in [7, 11) is -4.64. The van der Waals surface area contributed by atoms with Crippen LogP contribution < -0.4 is 33.7 Å². The smallest absolute Gasteiger partial charge is 0.394 e. The summed E-state index contributed by atoms with van der Waals surface area (Å²) in [5, 5.41) is 84.2. The number of aromatic nitrogens is 6. The lowest BCUT2D eigenvalue weighted by molar-refractivity contribution is -0.0550. The third kappa shape index (κ3) is 11.6. The summed E-state index contributed by atoms with van der Waals surface area (Å²) >= 11 is 0. The molecule has 6 heterocycles. The number of H-pyrrole nitrogens is 3. The van der Waals surface area contributed by atoms with Crippen LogP contribution in [0.15, 0.2) is 65.6 Å². The number of aliphatic hydroxyl groups excluding tert-OH is 9. The molecule has 0 amide bonds. The average Bonchev–Trinajstić information content (AvgIpc) is 3.69. The van der Waals surface area contributed by atoms with Crippen molar-refractivity contribution in [3.05, 3.63) is 99.3 Å². The standard InChI is InChI=1S/3C9H12N2O6.H3O4P/c3*12-3-4-6(14)7(15)8(17-4)11-2-1-5(13)10-9(11)16;1-5(2,3)4/h3*1-2,4,6-8,12,14-15H,3H2,(H,10,13,16);(H3,1,2,3,4)/t3*4-,6-,7-,8-;/m111./s1. The Morgan fingerprint density at radius 2 is 0.696 bits per heavy atom. The second-order valence-electron chi connectivity index (χ2n) is 11.8. The zero-order valence-electron chi connectivity index (χ0n) is 28.3. The lowest BCUT2D eigenvalue weighted by Gasteiger charge is -2.16. The molecule has 15 N–H and O–H groups in total. The Kier molecular flexibility index (Phi) is 16.2. The molecule has 0 saturated carbocycles. The molecule has 0 unspecified atom stereocenters. The molecule has 3 aliphatic heterocycles. The summed E-state index contributed by atoms with van der Waals surface area (Å²) < 4.78 is 27.1. The number of hydrogen-bond acceptors (Lipinski definition) is 19. The Morgan fingerprint density at radius 1 is 0.482 bits per heavy atom. The number of rotatable bonds is 6. The van der Waals surface area contributed by atoms with E-state index in [2.05, 4.69) is 0 Å². The van der Waals surface area contributed by atoms with Crippen LogP contribution in [0.1, 0.15) is 18.7 Å². The number of phosphoric acid groups is 1. The fourth-order valence-corrected chi connectivity index (χ4v) is 5.21. The molecule has 12 atom stereocenters. The molecule has 3 aliphatic rings. The van der Waals surface area contributed by atoms with E-state index in [9.17, 15) is 59.4 Å². The van der Waals surface area contributed by atoms with Gasteiger partial charge in [0.15, 0.2) is 18.7 Å². The van der Waals surface area contributed by atoms with Gasteiger partial charge in [0.25, 0.3) is 16.7 Å². The van der Waals surface area contributed by atoms with Gasteiger partial charge < -0.3 is 74.8 Å². The van der Waals surface area contributed by atoms with Crippen molar-refractivity contribution >= 4 is 7.82 Å². The minimum absolute atomic E-state index is 0.479. The number of hydrogen-bond donors (Lipinski definition) is 15. The molecule has 0 aromatic carbocycles. The van der Waals surface area contributed by atoms with Gasteiger partial charge in [-0.3, -0.25) is 43.0 Å². The van der Waals surface area contributed by atoms with E-state index in [4.69, 9.17) is 48.8 Å². The summed E-state index contributed by atoms with van der Waals surface area (Å²) in [5.41, 5.74) is -3.99. The Hall–Kier alpha value is -4.33. The molecule has 3 fully saturated rings. The fourth-order valence-electron chi connectivity index (χ4n) is 5.21. The van der Waals surface area contributed by atoms with Crippen molar-refractivity contribution in [3.8, 4) is 0 Å². The monoisotopic (exact) mass is 830 g/mol. The number of nitrogens with zero attached hydrogens (tertiary/aromatic N) is 3. The number of aliphatic hydroxyl groups is 9. The predicted molar refractivity (Wildman–Crippen MR) is 177 cm³/mol. The zero-order valence-corrected chi connectivity index (χ0v) is 29.1. The van der Waals surface area contributed by atoms with E-state index < -0.39 is 135 Å². The Labute approximate surface area is 308 Å². The highest BCUT2D eigenvalue weighted by Crippen LogP contribution is 2.29. The van der Waals surface area contributed by atoms with Gasteiger partial charge in [-0.2, -0.15) is 0 Å². The van der Waals surface area contributed by atoms with E-state index in [0.717, 1.165) is 50.5 Å². The fraction of sp³-hybridized carbons (Fsp3) is 0.556. The second kappa shape index (κ2) is 19.7. The van der Waals surface area contributed by atoms with Crippen molar-refractivity contribution in [2.45, 2.75) is 73.6 Å². The largest absolute Gasteiger partial charge is 0.466 e. The first-order valence-corrected chi connectivity index (χ1v) is 17.3. The van der Waals surface area contributed by atoms with Gasteiger partial charge in [-0.05, 0) is 0 Å². The summed E-state index contributed by atoms with van der Waals surface area (Å²) in [6.45, 7) is -1.44. The number of nitrogens with one attached hydrogen (secondary N) is 3. The van der Waals surface area contributed by atoms with E-state index >= 15 is 0 Å². The quantitative estimate of drug-likeness (QED) is 0.103. The lowest BCUT2D eigenvalue weighted by atomic mass is 10.1. The SMILES string of the molecule is O=P(O)(O)O.O=c1ccn([C@@H]2O[C@H](CO)[C@@H](O)[C@H]2O)c(=O)[nH]1.O=c1ccn([C@@H]2O[C@H](CO)[C@@H](O)[C@H]2O)c(=O)[nH]1.O=c1ccn([C@@H]2O[C@H](CO)[C@@H](O)[C@H]2O)c(=O)[nH]1. The van der Waals surface area contributed by atoms with E-state index in [-0.39, 0.29) is 0 Å². The molecule has 6 rings (SSSR count). The van der Waals surface area contributed by atoms with E-state index in [0.29, 0.717) is 0 Å². The van der Waals surface area contributed by atoms with Gasteiger partial charge in [0, 0.05) is 36.8 Å². The molecular formula is C27H39N6O22P. The maximum Gasteiger partial charge on any atom is 0.466 e. The van der Waals surface area contributed by atoms with E-state index in [1.807, 2.05) is 15.0 Å². The van der Waals surface area contributed by atoms with Crippen molar-refractivity contribution in [1.82, 2.24) is 28.7 Å². The van der Waals surface area contributed by atoms with Gasteiger partial charge in [0.05, 0.1) is 19.8 Å². The molecule has 0 bridgehead atoms. The average molecular weight is 831 g/mol. The third-order valence-corrected chi connectivity index (χ3v) is 7.93. The van der Waals surface area contributed by atoms with Crippen molar-refractivity contribution in [2.24, 2.45) is 0 Å². The molecule has 3 aromatic rings. The number of aromatic amines is 3. The minimum Gasteiger partial charge on any atom is -0.394 e.